The van der Waals surface area contributed by atoms with Crippen LogP contribution < -0.4 is 0 Å². The Morgan fingerprint density at radius 3 is 2.37 bits per heavy atom. The Labute approximate surface area is 165 Å². The van der Waals surface area contributed by atoms with Gasteiger partial charge in [0.05, 0.1) is 0 Å². The van der Waals surface area contributed by atoms with E-state index in [2.05, 4.69) is 4.98 Å². The average Bonchev–Trinajstić information content (AvgIpc) is 3.02. The van der Waals surface area contributed by atoms with Crippen LogP contribution in [0, 0.1) is 0 Å². The summed E-state index contributed by atoms with van der Waals surface area (Å²) < 4.78 is -1.09. The predicted octanol–water partition coefficient (Wildman–Crippen LogP) is 3.73. The normalized spacial score (nSPS) is 16.3. The molecule has 1 saturated heterocycles. The lowest BCUT2D eigenvalue weighted by molar-refractivity contribution is -0.199. The fourth-order valence-corrected chi connectivity index (χ4v) is 5.39. The van der Waals surface area contributed by atoms with Crippen molar-refractivity contribution in [2.45, 2.75) is 36.0 Å². The van der Waals surface area contributed by atoms with Crippen LogP contribution in [0.15, 0.2) is 59.8 Å². The second kappa shape index (κ2) is 8.58. The minimum Gasteiger partial charge on any atom is -0.328 e. The summed E-state index contributed by atoms with van der Waals surface area (Å²) in [5, 5.41) is 1.35. The third-order valence-corrected chi connectivity index (χ3v) is 7.24. The van der Waals surface area contributed by atoms with Gasteiger partial charge < -0.3 is 4.84 Å². The van der Waals surface area contributed by atoms with Gasteiger partial charge in [0.1, 0.15) is 5.03 Å². The SMILES string of the molecule is CCC(SSc1ccccn1)(C(=O)ON1C(=O)CCC1=O)c1ccccc1. The molecule has 1 unspecified atom stereocenters. The molecular formula is C19H18N2O4S2. The summed E-state index contributed by atoms with van der Waals surface area (Å²) in [6.45, 7) is 1.87. The van der Waals surface area contributed by atoms with Gasteiger partial charge >= 0.3 is 5.97 Å². The van der Waals surface area contributed by atoms with E-state index in [-0.39, 0.29) is 12.8 Å². The maximum Gasteiger partial charge on any atom is 0.354 e. The van der Waals surface area contributed by atoms with Crippen molar-refractivity contribution in [2.24, 2.45) is 0 Å². The van der Waals surface area contributed by atoms with Crippen LogP contribution in [0.5, 0.6) is 0 Å². The quantitative estimate of drug-likeness (QED) is 0.516. The number of rotatable bonds is 7. The van der Waals surface area contributed by atoms with E-state index in [1.165, 1.54) is 21.6 Å². The number of imide groups is 1. The lowest BCUT2D eigenvalue weighted by Crippen LogP contribution is -2.40. The molecule has 1 aliphatic heterocycles. The molecular weight excluding hydrogens is 384 g/mol. The van der Waals surface area contributed by atoms with Crippen LogP contribution in [0.2, 0.25) is 0 Å². The van der Waals surface area contributed by atoms with Crippen molar-refractivity contribution in [3.8, 4) is 0 Å². The molecule has 1 aliphatic rings. The molecule has 2 heterocycles. The monoisotopic (exact) mass is 402 g/mol. The van der Waals surface area contributed by atoms with Gasteiger partial charge in [-0.25, -0.2) is 9.78 Å². The van der Waals surface area contributed by atoms with E-state index < -0.39 is 22.5 Å². The van der Waals surface area contributed by atoms with Crippen molar-refractivity contribution < 1.29 is 19.2 Å². The highest BCUT2D eigenvalue weighted by Crippen LogP contribution is 2.49. The van der Waals surface area contributed by atoms with Gasteiger partial charge in [-0.1, -0.05) is 54.1 Å². The first-order valence-corrected chi connectivity index (χ1v) is 10.6. The first-order chi connectivity index (χ1) is 13.1. The fraction of sp³-hybridized carbons (Fsp3) is 0.263. The molecule has 1 atom stereocenters. The largest absolute Gasteiger partial charge is 0.354 e. The third-order valence-electron chi connectivity index (χ3n) is 4.15. The Hall–Kier alpha value is -2.32. The van der Waals surface area contributed by atoms with Gasteiger partial charge in [0.15, 0.2) is 4.75 Å². The number of carbonyl (C=O) groups is 3. The molecule has 0 saturated carbocycles. The number of hydroxylamine groups is 2. The predicted molar refractivity (Wildman–Crippen MR) is 103 cm³/mol. The van der Waals surface area contributed by atoms with E-state index in [9.17, 15) is 14.4 Å². The van der Waals surface area contributed by atoms with Gasteiger partial charge in [0.25, 0.3) is 11.8 Å². The van der Waals surface area contributed by atoms with Crippen molar-refractivity contribution in [1.82, 2.24) is 10.0 Å². The Morgan fingerprint density at radius 2 is 1.78 bits per heavy atom. The summed E-state index contributed by atoms with van der Waals surface area (Å²) in [7, 11) is 2.65. The van der Waals surface area contributed by atoms with Gasteiger partial charge in [-0.3, -0.25) is 9.59 Å². The van der Waals surface area contributed by atoms with E-state index in [1.54, 1.807) is 6.20 Å². The van der Waals surface area contributed by atoms with E-state index >= 15 is 0 Å². The van der Waals surface area contributed by atoms with Crippen LogP contribution >= 0.6 is 21.6 Å². The van der Waals surface area contributed by atoms with Crippen LogP contribution in [0.1, 0.15) is 31.7 Å². The first-order valence-electron chi connectivity index (χ1n) is 8.47. The van der Waals surface area contributed by atoms with E-state index in [0.717, 1.165) is 10.6 Å². The number of amides is 2. The zero-order chi connectivity index (χ0) is 19.3. The molecule has 0 N–H and O–H groups in total. The van der Waals surface area contributed by atoms with Gasteiger partial charge in [0.2, 0.25) is 0 Å². The van der Waals surface area contributed by atoms with Crippen molar-refractivity contribution in [3.63, 3.8) is 0 Å². The number of benzene rings is 1. The molecule has 3 rings (SSSR count). The molecule has 1 aromatic heterocycles. The summed E-state index contributed by atoms with van der Waals surface area (Å²) >= 11 is 0. The molecule has 1 aromatic carbocycles. The fourth-order valence-electron chi connectivity index (χ4n) is 2.64. The minimum absolute atomic E-state index is 0.0619. The summed E-state index contributed by atoms with van der Waals surface area (Å²) in [6, 6.07) is 14.7. The highest BCUT2D eigenvalue weighted by Gasteiger charge is 2.45. The summed E-state index contributed by atoms with van der Waals surface area (Å²) in [5.41, 5.74) is 0.741. The van der Waals surface area contributed by atoms with E-state index in [4.69, 9.17) is 4.84 Å². The number of hydrogen-bond acceptors (Lipinski definition) is 7. The topological polar surface area (TPSA) is 76.6 Å². The molecule has 140 valence electrons. The number of aromatic nitrogens is 1. The number of pyridine rings is 1. The van der Waals surface area contributed by atoms with Gasteiger partial charge in [-0.2, -0.15) is 0 Å². The molecule has 2 amide bonds. The maximum absolute atomic E-state index is 13.1. The Morgan fingerprint density at radius 1 is 1.11 bits per heavy atom. The molecule has 2 aromatic rings. The second-order valence-electron chi connectivity index (χ2n) is 5.84. The van der Waals surface area contributed by atoms with Crippen molar-refractivity contribution >= 4 is 39.4 Å². The second-order valence-corrected chi connectivity index (χ2v) is 8.29. The zero-order valence-electron chi connectivity index (χ0n) is 14.7. The van der Waals surface area contributed by atoms with Crippen LogP contribution in [0.25, 0.3) is 0 Å². The van der Waals surface area contributed by atoms with Crippen molar-refractivity contribution in [2.75, 3.05) is 0 Å². The highest BCUT2D eigenvalue weighted by molar-refractivity contribution is 8.77. The first kappa shape index (κ1) is 19.4. The number of carbonyl (C=O) groups excluding carboxylic acids is 3. The average molecular weight is 402 g/mol. The van der Waals surface area contributed by atoms with Crippen LogP contribution in [-0.4, -0.2) is 27.8 Å². The van der Waals surface area contributed by atoms with Crippen LogP contribution in [0.3, 0.4) is 0 Å². The summed E-state index contributed by atoms with van der Waals surface area (Å²) in [6.07, 6.45) is 2.22. The number of hydrogen-bond donors (Lipinski definition) is 0. The Bertz CT molecular complexity index is 816. The molecule has 0 aliphatic carbocycles. The molecule has 6 nitrogen and oxygen atoms in total. The molecule has 1 fully saturated rings. The molecule has 8 heteroatoms. The number of nitrogens with zero attached hydrogens (tertiary/aromatic N) is 2. The van der Waals surface area contributed by atoms with Crippen LogP contribution in [-0.2, 0) is 24.0 Å². The lowest BCUT2D eigenvalue weighted by Gasteiger charge is -2.30. The third kappa shape index (κ3) is 4.17. The van der Waals surface area contributed by atoms with E-state index in [0.29, 0.717) is 11.5 Å². The maximum atomic E-state index is 13.1. The molecule has 0 bridgehead atoms. The molecule has 27 heavy (non-hydrogen) atoms. The highest BCUT2D eigenvalue weighted by atomic mass is 33.1. The standard InChI is InChI=1S/C19H18N2O4S2/c1-2-19(14-8-4-3-5-9-14,27-26-15-10-6-7-13-20-15)18(24)25-21-16(22)11-12-17(21)23/h3-10,13H,2,11-12H2,1H3. The van der Waals surface area contributed by atoms with Crippen molar-refractivity contribution in [1.29, 1.82) is 0 Å². The minimum atomic E-state index is -1.09. The molecule has 0 spiro atoms. The summed E-state index contributed by atoms with van der Waals surface area (Å²) in [5.74, 6) is -1.63. The van der Waals surface area contributed by atoms with Crippen LogP contribution in [0.4, 0.5) is 0 Å². The van der Waals surface area contributed by atoms with E-state index in [1.807, 2.05) is 55.5 Å². The van der Waals surface area contributed by atoms with Crippen molar-refractivity contribution in [3.05, 3.63) is 60.3 Å². The van der Waals surface area contributed by atoms with Gasteiger partial charge in [-0.05, 0) is 34.9 Å². The zero-order valence-corrected chi connectivity index (χ0v) is 16.3. The molecule has 0 radical (unpaired) electrons. The lowest BCUT2D eigenvalue weighted by atomic mass is 9.95. The smallest absolute Gasteiger partial charge is 0.328 e. The van der Waals surface area contributed by atoms with Gasteiger partial charge in [0, 0.05) is 19.0 Å². The Balaban J connectivity index is 1.89. The summed E-state index contributed by atoms with van der Waals surface area (Å²) in [4.78, 5) is 46.4. The van der Waals surface area contributed by atoms with Gasteiger partial charge in [-0.15, -0.1) is 5.06 Å². The Kier molecular flexibility index (Phi) is 6.18.